The van der Waals surface area contributed by atoms with Gasteiger partial charge < -0.3 is 5.32 Å². The van der Waals surface area contributed by atoms with Gasteiger partial charge in [-0.3, -0.25) is 4.79 Å². The van der Waals surface area contributed by atoms with Crippen LogP contribution in [-0.4, -0.2) is 24.3 Å². The van der Waals surface area contributed by atoms with Crippen LogP contribution in [0, 0.1) is 0 Å². The molecule has 1 aliphatic carbocycles. The zero-order valence-electron chi connectivity index (χ0n) is 19.3. The molecule has 0 unspecified atom stereocenters. The van der Waals surface area contributed by atoms with Gasteiger partial charge in [0.05, 0.1) is 6.54 Å². The average Bonchev–Trinajstić information content (AvgIpc) is 3.36. The Bertz CT molecular complexity index is 1420. The molecule has 0 saturated heterocycles. The molecule has 0 fully saturated rings. The van der Waals surface area contributed by atoms with Crippen LogP contribution in [0.3, 0.4) is 0 Å². The van der Waals surface area contributed by atoms with Gasteiger partial charge in [-0.2, -0.15) is 4.98 Å². The highest BCUT2D eigenvalue weighted by molar-refractivity contribution is 5.77. The molecule has 3 aromatic heterocycles. The van der Waals surface area contributed by atoms with Crippen LogP contribution >= 0.6 is 0 Å². The van der Waals surface area contributed by atoms with E-state index in [-0.39, 0.29) is 11.0 Å². The van der Waals surface area contributed by atoms with Gasteiger partial charge in [-0.15, -0.1) is 6.58 Å². The van der Waals surface area contributed by atoms with E-state index in [0.717, 1.165) is 24.2 Å². The van der Waals surface area contributed by atoms with E-state index >= 15 is 0 Å². The van der Waals surface area contributed by atoms with Gasteiger partial charge in [0, 0.05) is 23.0 Å². The molecular weight excluding hydrogens is 412 g/mol. The number of anilines is 2. The summed E-state index contributed by atoms with van der Waals surface area (Å²) in [5.41, 5.74) is 4.89. The Balaban J connectivity index is 1.64. The molecule has 0 radical (unpaired) electrons. The number of hydrogen-bond acceptors (Lipinski definition) is 5. The van der Waals surface area contributed by atoms with Crippen LogP contribution in [0.5, 0.6) is 0 Å². The van der Waals surface area contributed by atoms with Crippen LogP contribution in [0.25, 0.3) is 16.9 Å². The second-order valence-electron chi connectivity index (χ2n) is 9.51. The smallest absolute Gasteiger partial charge is 0.278 e. The molecule has 1 aromatic carbocycles. The third-order valence-corrected chi connectivity index (χ3v) is 6.05. The number of aryl methyl sites for hydroxylation is 2. The maximum atomic E-state index is 13.2. The van der Waals surface area contributed by atoms with Crippen molar-refractivity contribution in [2.75, 3.05) is 5.32 Å². The molecule has 0 amide bonds. The van der Waals surface area contributed by atoms with Gasteiger partial charge in [0.15, 0.2) is 11.5 Å². The van der Waals surface area contributed by atoms with E-state index in [0.29, 0.717) is 29.3 Å². The van der Waals surface area contributed by atoms with Gasteiger partial charge in [-0.25, -0.2) is 19.3 Å². The predicted octanol–water partition coefficient (Wildman–Crippen LogP) is 4.69. The second-order valence-corrected chi connectivity index (χ2v) is 9.51. The van der Waals surface area contributed by atoms with E-state index in [9.17, 15) is 4.79 Å². The number of rotatable bonds is 5. The van der Waals surface area contributed by atoms with Gasteiger partial charge in [0.2, 0.25) is 5.95 Å². The number of pyridine rings is 1. The standard InChI is InChI=1S/C26H28N6O/c1-5-14-31-24(33)20-16-27-25(28-19-13-12-17-8-6-9-18(17)15-19)30-23(20)32(31)22-11-7-10-21(29-22)26(2,3)4/h5,7,10-13,15-16H,1,6,8-9,14H2,2-4H3,(H,27,28,30). The zero-order valence-corrected chi connectivity index (χ0v) is 19.3. The Morgan fingerprint density at radius 3 is 2.73 bits per heavy atom. The fourth-order valence-corrected chi connectivity index (χ4v) is 4.35. The first-order valence-electron chi connectivity index (χ1n) is 11.3. The zero-order chi connectivity index (χ0) is 23.2. The highest BCUT2D eigenvalue weighted by Gasteiger charge is 2.21. The molecule has 7 heteroatoms. The largest absolute Gasteiger partial charge is 0.324 e. The van der Waals surface area contributed by atoms with E-state index in [1.54, 1.807) is 21.6 Å². The number of nitrogens with one attached hydrogen (secondary N) is 1. The lowest BCUT2D eigenvalue weighted by molar-refractivity contribution is 0.554. The number of fused-ring (bicyclic) bond motifs is 2. The molecule has 1 N–H and O–H groups in total. The minimum atomic E-state index is -0.169. The molecule has 168 valence electrons. The summed E-state index contributed by atoms with van der Waals surface area (Å²) in [5.74, 6) is 1.08. The van der Waals surface area contributed by atoms with Crippen molar-refractivity contribution in [1.29, 1.82) is 0 Å². The first-order valence-corrected chi connectivity index (χ1v) is 11.3. The Morgan fingerprint density at radius 2 is 1.94 bits per heavy atom. The van der Waals surface area contributed by atoms with E-state index in [4.69, 9.17) is 9.97 Å². The fraction of sp³-hybridized carbons (Fsp3) is 0.308. The molecule has 0 saturated carbocycles. The minimum Gasteiger partial charge on any atom is -0.324 e. The number of allylic oxidation sites excluding steroid dienone is 1. The van der Waals surface area contributed by atoms with Crippen molar-refractivity contribution in [3.63, 3.8) is 0 Å². The lowest BCUT2D eigenvalue weighted by Crippen LogP contribution is -2.23. The molecule has 4 aromatic rings. The van der Waals surface area contributed by atoms with Crippen LogP contribution in [0.15, 0.2) is 60.0 Å². The SMILES string of the molecule is C=CCn1c(=O)c2cnc(Nc3ccc4c(c3)CCC4)nc2n1-c1cccc(C(C)(C)C)n1. The summed E-state index contributed by atoms with van der Waals surface area (Å²) >= 11 is 0. The molecule has 3 heterocycles. The molecule has 0 atom stereocenters. The molecule has 1 aliphatic rings. The normalized spacial score (nSPS) is 13.3. The molecule has 33 heavy (non-hydrogen) atoms. The first kappa shape index (κ1) is 21.1. The van der Waals surface area contributed by atoms with Gasteiger partial charge >= 0.3 is 0 Å². The third kappa shape index (κ3) is 3.84. The Labute approximate surface area is 192 Å². The Morgan fingerprint density at radius 1 is 1.12 bits per heavy atom. The topological polar surface area (TPSA) is 77.6 Å². The minimum absolute atomic E-state index is 0.127. The Hall–Kier alpha value is -3.74. The maximum absolute atomic E-state index is 13.2. The van der Waals surface area contributed by atoms with Crippen LogP contribution in [0.2, 0.25) is 0 Å². The summed E-state index contributed by atoms with van der Waals surface area (Å²) in [6, 6.07) is 12.2. The summed E-state index contributed by atoms with van der Waals surface area (Å²) < 4.78 is 3.37. The number of benzene rings is 1. The van der Waals surface area contributed by atoms with Gasteiger partial charge in [-0.1, -0.05) is 39.0 Å². The monoisotopic (exact) mass is 440 g/mol. The number of hydrogen-bond donors (Lipinski definition) is 1. The van der Waals surface area contributed by atoms with E-state index in [2.05, 4.69) is 55.9 Å². The molecule has 7 nitrogen and oxygen atoms in total. The van der Waals surface area contributed by atoms with E-state index in [1.165, 1.54) is 17.5 Å². The first-order chi connectivity index (χ1) is 15.8. The summed E-state index contributed by atoms with van der Waals surface area (Å²) in [5, 5.41) is 3.76. The quantitative estimate of drug-likeness (QED) is 0.456. The lowest BCUT2D eigenvalue weighted by Gasteiger charge is -2.19. The number of aromatic nitrogens is 5. The van der Waals surface area contributed by atoms with Crippen molar-refractivity contribution in [3.8, 4) is 5.82 Å². The average molecular weight is 441 g/mol. The van der Waals surface area contributed by atoms with Crippen LogP contribution in [0.1, 0.15) is 44.0 Å². The van der Waals surface area contributed by atoms with Crippen molar-refractivity contribution in [2.24, 2.45) is 0 Å². The van der Waals surface area contributed by atoms with Crippen molar-refractivity contribution >= 4 is 22.7 Å². The van der Waals surface area contributed by atoms with E-state index < -0.39 is 0 Å². The molecule has 0 aliphatic heterocycles. The summed E-state index contributed by atoms with van der Waals surface area (Å²) in [6.45, 7) is 10.5. The van der Waals surface area contributed by atoms with Gasteiger partial charge in [0.25, 0.3) is 5.56 Å². The van der Waals surface area contributed by atoms with Crippen molar-refractivity contribution in [2.45, 2.75) is 52.0 Å². The fourth-order valence-electron chi connectivity index (χ4n) is 4.35. The van der Waals surface area contributed by atoms with Gasteiger partial charge in [-0.05, 0) is 54.7 Å². The molecule has 5 rings (SSSR count). The highest BCUT2D eigenvalue weighted by Crippen LogP contribution is 2.27. The highest BCUT2D eigenvalue weighted by atomic mass is 16.1. The van der Waals surface area contributed by atoms with Crippen molar-refractivity contribution < 1.29 is 0 Å². The summed E-state index contributed by atoms with van der Waals surface area (Å²) in [7, 11) is 0. The summed E-state index contributed by atoms with van der Waals surface area (Å²) in [4.78, 5) is 27.2. The third-order valence-electron chi connectivity index (χ3n) is 6.05. The molecular formula is C26H28N6O. The Kier molecular flexibility index (Phi) is 5.12. The van der Waals surface area contributed by atoms with Crippen LogP contribution in [0.4, 0.5) is 11.6 Å². The number of nitrogens with zero attached hydrogens (tertiary/aromatic N) is 5. The van der Waals surface area contributed by atoms with E-state index in [1.807, 2.05) is 18.2 Å². The van der Waals surface area contributed by atoms with Crippen LogP contribution < -0.4 is 10.9 Å². The second kappa shape index (κ2) is 7.99. The molecule has 0 spiro atoms. The van der Waals surface area contributed by atoms with Crippen molar-refractivity contribution in [3.05, 3.63) is 82.4 Å². The van der Waals surface area contributed by atoms with Crippen LogP contribution in [-0.2, 0) is 24.8 Å². The predicted molar refractivity (Wildman–Crippen MR) is 132 cm³/mol. The molecule has 0 bridgehead atoms. The van der Waals surface area contributed by atoms with Gasteiger partial charge in [0.1, 0.15) is 5.39 Å². The lowest BCUT2D eigenvalue weighted by atomic mass is 9.92. The summed E-state index contributed by atoms with van der Waals surface area (Å²) in [6.07, 6.45) is 6.73. The van der Waals surface area contributed by atoms with Crippen molar-refractivity contribution in [1.82, 2.24) is 24.3 Å². The maximum Gasteiger partial charge on any atom is 0.278 e.